The van der Waals surface area contributed by atoms with E-state index in [1.165, 1.54) is 10.6 Å². The Morgan fingerprint density at radius 3 is 2.39 bits per heavy atom. The fraction of sp³-hybridized carbons (Fsp3) is 0.588. The molecule has 1 aliphatic heterocycles. The number of piperidine rings is 1. The molecule has 23 heavy (non-hydrogen) atoms. The number of carbonyl (C=O) groups excluding carboxylic acids is 1. The first-order valence-corrected chi connectivity index (χ1v) is 10.1. The van der Waals surface area contributed by atoms with Crippen molar-refractivity contribution < 1.29 is 13.2 Å². The van der Waals surface area contributed by atoms with Crippen molar-refractivity contribution in [1.82, 2.24) is 4.31 Å². The van der Waals surface area contributed by atoms with Crippen molar-refractivity contribution >= 4 is 21.6 Å². The SMILES string of the molecule is CCc1cccc(CC)c1NC(=O)C1CCCN(S(C)(=O)=O)C1. The highest BCUT2D eigenvalue weighted by Crippen LogP contribution is 2.25. The van der Waals surface area contributed by atoms with Gasteiger partial charge >= 0.3 is 0 Å². The molecule has 0 aliphatic carbocycles. The van der Waals surface area contributed by atoms with Crippen LogP contribution in [0.4, 0.5) is 5.69 Å². The largest absolute Gasteiger partial charge is 0.325 e. The van der Waals surface area contributed by atoms with Crippen LogP contribution in [0.2, 0.25) is 0 Å². The number of nitrogens with one attached hydrogen (secondary N) is 1. The van der Waals surface area contributed by atoms with Gasteiger partial charge in [0.1, 0.15) is 0 Å². The van der Waals surface area contributed by atoms with E-state index in [-0.39, 0.29) is 18.4 Å². The Hall–Kier alpha value is -1.40. The first-order valence-electron chi connectivity index (χ1n) is 8.23. The quantitative estimate of drug-likeness (QED) is 0.896. The van der Waals surface area contributed by atoms with Gasteiger partial charge in [-0.15, -0.1) is 0 Å². The van der Waals surface area contributed by atoms with Crippen molar-refractivity contribution in [3.8, 4) is 0 Å². The molecule has 0 radical (unpaired) electrons. The third kappa shape index (κ3) is 4.32. The molecule has 0 bridgehead atoms. The zero-order chi connectivity index (χ0) is 17.0. The minimum absolute atomic E-state index is 0.0750. The van der Waals surface area contributed by atoms with E-state index in [2.05, 4.69) is 19.2 Å². The van der Waals surface area contributed by atoms with Gasteiger partial charge in [-0.3, -0.25) is 4.79 Å². The molecule has 1 fully saturated rings. The van der Waals surface area contributed by atoms with Gasteiger partial charge in [-0.2, -0.15) is 0 Å². The van der Waals surface area contributed by atoms with Crippen molar-refractivity contribution in [3.05, 3.63) is 29.3 Å². The van der Waals surface area contributed by atoms with E-state index in [0.29, 0.717) is 6.54 Å². The number of amides is 1. The average Bonchev–Trinajstić information content (AvgIpc) is 2.54. The van der Waals surface area contributed by atoms with E-state index < -0.39 is 10.0 Å². The van der Waals surface area contributed by atoms with Gasteiger partial charge in [0.15, 0.2) is 0 Å². The molecule has 1 unspecified atom stereocenters. The minimum Gasteiger partial charge on any atom is -0.325 e. The summed E-state index contributed by atoms with van der Waals surface area (Å²) in [4.78, 5) is 12.6. The van der Waals surface area contributed by atoms with Gasteiger partial charge in [0, 0.05) is 18.8 Å². The normalized spacial score (nSPS) is 19.5. The second-order valence-corrected chi connectivity index (χ2v) is 8.09. The van der Waals surface area contributed by atoms with Gasteiger partial charge in [0.05, 0.1) is 12.2 Å². The number of hydrogen-bond donors (Lipinski definition) is 1. The van der Waals surface area contributed by atoms with Crippen LogP contribution in [-0.4, -0.2) is 38.0 Å². The molecule has 1 saturated heterocycles. The summed E-state index contributed by atoms with van der Waals surface area (Å²) in [6.45, 7) is 4.92. The van der Waals surface area contributed by atoms with E-state index in [1.54, 1.807) is 0 Å². The molecular weight excluding hydrogens is 312 g/mol. The molecule has 128 valence electrons. The van der Waals surface area contributed by atoms with Crippen molar-refractivity contribution in [2.24, 2.45) is 5.92 Å². The van der Waals surface area contributed by atoms with E-state index >= 15 is 0 Å². The number of rotatable bonds is 5. The molecule has 5 nitrogen and oxygen atoms in total. The van der Waals surface area contributed by atoms with Crippen molar-refractivity contribution in [3.63, 3.8) is 0 Å². The number of aryl methyl sites for hydroxylation is 2. The maximum atomic E-state index is 12.6. The number of hydrogen-bond acceptors (Lipinski definition) is 3. The van der Waals surface area contributed by atoms with Crippen LogP contribution in [0.3, 0.4) is 0 Å². The number of sulfonamides is 1. The lowest BCUT2D eigenvalue weighted by atomic mass is 9.97. The van der Waals surface area contributed by atoms with Crippen LogP contribution in [0.15, 0.2) is 18.2 Å². The summed E-state index contributed by atoms with van der Waals surface area (Å²) in [5, 5.41) is 3.06. The maximum absolute atomic E-state index is 12.6. The molecule has 2 rings (SSSR count). The highest BCUT2D eigenvalue weighted by molar-refractivity contribution is 7.88. The lowest BCUT2D eigenvalue weighted by Crippen LogP contribution is -2.43. The average molecular weight is 338 g/mol. The monoisotopic (exact) mass is 338 g/mol. The minimum atomic E-state index is -3.24. The standard InChI is InChI=1S/C17H26N2O3S/c1-4-13-8-6-9-14(5-2)16(13)18-17(20)15-10-7-11-19(12-15)23(3,21)22/h6,8-9,15H,4-5,7,10-12H2,1-3H3,(H,18,20). The van der Waals surface area contributed by atoms with Gasteiger partial charge in [-0.05, 0) is 36.8 Å². The highest BCUT2D eigenvalue weighted by atomic mass is 32.2. The summed E-state index contributed by atoms with van der Waals surface area (Å²) in [6, 6.07) is 6.07. The Kier molecular flexibility index (Phi) is 5.81. The molecule has 1 N–H and O–H groups in total. The molecule has 1 amide bonds. The van der Waals surface area contributed by atoms with Crippen LogP contribution in [-0.2, 0) is 27.7 Å². The predicted octanol–water partition coefficient (Wildman–Crippen LogP) is 2.42. The number of carbonyl (C=O) groups is 1. The molecular formula is C17H26N2O3S. The Labute approximate surface area is 139 Å². The molecule has 0 spiro atoms. The van der Waals surface area contributed by atoms with Gasteiger partial charge < -0.3 is 5.32 Å². The fourth-order valence-electron chi connectivity index (χ4n) is 3.09. The van der Waals surface area contributed by atoms with Crippen molar-refractivity contribution in [2.75, 3.05) is 24.7 Å². The third-order valence-electron chi connectivity index (χ3n) is 4.47. The van der Waals surface area contributed by atoms with Gasteiger partial charge in [0.2, 0.25) is 15.9 Å². The van der Waals surface area contributed by atoms with E-state index in [0.717, 1.165) is 42.5 Å². The summed E-state index contributed by atoms with van der Waals surface area (Å²) in [7, 11) is -3.24. The number of nitrogens with zero attached hydrogens (tertiary/aromatic N) is 1. The summed E-state index contributed by atoms with van der Waals surface area (Å²) >= 11 is 0. The zero-order valence-corrected chi connectivity index (χ0v) is 14.9. The van der Waals surface area contributed by atoms with E-state index in [9.17, 15) is 13.2 Å². The summed E-state index contributed by atoms with van der Waals surface area (Å²) in [5.41, 5.74) is 3.14. The summed E-state index contributed by atoms with van der Waals surface area (Å²) in [5.74, 6) is -0.359. The Morgan fingerprint density at radius 2 is 1.87 bits per heavy atom. The molecule has 1 atom stereocenters. The number of anilines is 1. The fourth-order valence-corrected chi connectivity index (χ4v) is 4.00. The highest BCUT2D eigenvalue weighted by Gasteiger charge is 2.30. The Morgan fingerprint density at radius 1 is 1.26 bits per heavy atom. The Bertz CT molecular complexity index is 648. The third-order valence-corrected chi connectivity index (χ3v) is 5.74. The van der Waals surface area contributed by atoms with Crippen LogP contribution in [0.25, 0.3) is 0 Å². The number of para-hydroxylation sites is 1. The van der Waals surface area contributed by atoms with E-state index in [1.807, 2.05) is 18.2 Å². The topological polar surface area (TPSA) is 66.5 Å². The smallest absolute Gasteiger partial charge is 0.228 e. The lowest BCUT2D eigenvalue weighted by Gasteiger charge is -2.30. The van der Waals surface area contributed by atoms with E-state index in [4.69, 9.17) is 0 Å². The van der Waals surface area contributed by atoms with Crippen LogP contribution in [0, 0.1) is 5.92 Å². The van der Waals surface area contributed by atoms with Crippen molar-refractivity contribution in [2.45, 2.75) is 39.5 Å². The molecule has 1 aromatic rings. The molecule has 6 heteroatoms. The molecule has 1 aromatic carbocycles. The molecule has 0 aromatic heterocycles. The summed E-state index contributed by atoms with van der Waals surface area (Å²) < 4.78 is 24.8. The Balaban J connectivity index is 2.16. The zero-order valence-electron chi connectivity index (χ0n) is 14.1. The van der Waals surface area contributed by atoms with Crippen LogP contribution in [0.1, 0.15) is 37.8 Å². The lowest BCUT2D eigenvalue weighted by molar-refractivity contribution is -0.120. The number of benzene rings is 1. The summed E-state index contributed by atoms with van der Waals surface area (Å²) in [6.07, 6.45) is 4.36. The van der Waals surface area contributed by atoms with Crippen LogP contribution >= 0.6 is 0 Å². The molecule has 1 heterocycles. The van der Waals surface area contributed by atoms with Gasteiger partial charge in [-0.1, -0.05) is 32.0 Å². The maximum Gasteiger partial charge on any atom is 0.228 e. The first kappa shape index (κ1) is 17.9. The second kappa shape index (κ2) is 7.45. The van der Waals surface area contributed by atoms with Gasteiger partial charge in [-0.25, -0.2) is 12.7 Å². The van der Waals surface area contributed by atoms with Crippen LogP contribution in [0.5, 0.6) is 0 Å². The second-order valence-electron chi connectivity index (χ2n) is 6.11. The van der Waals surface area contributed by atoms with Crippen molar-refractivity contribution in [1.29, 1.82) is 0 Å². The van der Waals surface area contributed by atoms with Crippen LogP contribution < -0.4 is 5.32 Å². The molecule has 0 saturated carbocycles. The first-order chi connectivity index (χ1) is 10.9. The molecule has 1 aliphatic rings. The van der Waals surface area contributed by atoms with Gasteiger partial charge in [0.25, 0.3) is 0 Å². The predicted molar refractivity (Wildman–Crippen MR) is 93.0 cm³/mol.